The van der Waals surface area contributed by atoms with Gasteiger partial charge in [0.15, 0.2) is 0 Å². The van der Waals surface area contributed by atoms with Crippen LogP contribution in [0.15, 0.2) is 158 Å². The van der Waals surface area contributed by atoms with Gasteiger partial charge in [-0.3, -0.25) is 0 Å². The molecule has 0 aliphatic rings. The maximum absolute atomic E-state index is 6.58. The van der Waals surface area contributed by atoms with Gasteiger partial charge < -0.3 is 4.74 Å². The molecule has 0 radical (unpaired) electrons. The quantitative estimate of drug-likeness (QED) is 0.233. The molecular formula is C36H26O. The molecule has 1 heteroatoms. The molecule has 0 saturated heterocycles. The lowest BCUT2D eigenvalue weighted by atomic mass is 9.99. The summed E-state index contributed by atoms with van der Waals surface area (Å²) in [6.07, 6.45) is 0. The van der Waals surface area contributed by atoms with Gasteiger partial charge in [0.1, 0.15) is 11.5 Å². The highest BCUT2D eigenvalue weighted by Gasteiger charge is 2.12. The van der Waals surface area contributed by atoms with Gasteiger partial charge in [-0.2, -0.15) is 0 Å². The standard InChI is InChI=1S/C36H26O/c1-3-11-27(12-4-1)29-19-23-31(24-20-29)33-15-7-9-17-35(33)37-36-18-10-8-16-34(36)32-25-21-30(22-26-32)28-13-5-2-6-14-28/h1-26H. The molecule has 0 spiro atoms. The summed E-state index contributed by atoms with van der Waals surface area (Å²) in [4.78, 5) is 0. The second-order valence-corrected chi connectivity index (χ2v) is 8.98. The summed E-state index contributed by atoms with van der Waals surface area (Å²) in [7, 11) is 0. The second-order valence-electron chi connectivity index (χ2n) is 8.98. The SMILES string of the molecule is c1ccc(-c2ccc(-c3ccccc3Oc3ccccc3-c3ccc(-c4ccccc4)cc3)cc2)cc1. The summed E-state index contributed by atoms with van der Waals surface area (Å²) >= 11 is 0. The molecule has 176 valence electrons. The Bertz CT molecular complexity index is 1480. The van der Waals surface area contributed by atoms with Gasteiger partial charge in [-0.25, -0.2) is 0 Å². The predicted octanol–water partition coefficient (Wildman–Crippen LogP) is 10.1. The third kappa shape index (κ3) is 4.94. The summed E-state index contributed by atoms with van der Waals surface area (Å²) in [6, 6.07) is 54.7. The van der Waals surface area contributed by atoms with Crippen molar-refractivity contribution in [3.63, 3.8) is 0 Å². The molecule has 0 fully saturated rings. The number of hydrogen-bond acceptors (Lipinski definition) is 1. The van der Waals surface area contributed by atoms with Gasteiger partial charge >= 0.3 is 0 Å². The molecule has 0 amide bonds. The average molecular weight is 475 g/mol. The first-order valence-corrected chi connectivity index (χ1v) is 12.5. The number of benzene rings is 6. The van der Waals surface area contributed by atoms with Crippen molar-refractivity contribution >= 4 is 0 Å². The fourth-order valence-corrected chi connectivity index (χ4v) is 4.65. The highest BCUT2D eigenvalue weighted by molar-refractivity contribution is 5.77. The molecule has 0 aliphatic heterocycles. The summed E-state index contributed by atoms with van der Waals surface area (Å²) in [5.41, 5.74) is 9.21. The van der Waals surface area contributed by atoms with Crippen LogP contribution in [-0.2, 0) is 0 Å². The van der Waals surface area contributed by atoms with Gasteiger partial charge in [0, 0.05) is 11.1 Å². The Labute approximate surface area is 218 Å². The summed E-state index contributed by atoms with van der Waals surface area (Å²) < 4.78 is 6.58. The number of para-hydroxylation sites is 2. The third-order valence-electron chi connectivity index (χ3n) is 6.60. The maximum Gasteiger partial charge on any atom is 0.135 e. The van der Waals surface area contributed by atoms with Crippen LogP contribution in [0.1, 0.15) is 0 Å². The molecule has 0 bridgehead atoms. The van der Waals surface area contributed by atoms with E-state index in [-0.39, 0.29) is 0 Å². The van der Waals surface area contributed by atoms with Gasteiger partial charge in [0.05, 0.1) is 0 Å². The third-order valence-corrected chi connectivity index (χ3v) is 6.60. The zero-order valence-electron chi connectivity index (χ0n) is 20.4. The first-order valence-electron chi connectivity index (χ1n) is 12.5. The fourth-order valence-electron chi connectivity index (χ4n) is 4.65. The predicted molar refractivity (Wildman–Crippen MR) is 155 cm³/mol. The number of hydrogen-bond donors (Lipinski definition) is 0. The highest BCUT2D eigenvalue weighted by atomic mass is 16.5. The summed E-state index contributed by atoms with van der Waals surface area (Å²) in [6.45, 7) is 0. The summed E-state index contributed by atoms with van der Waals surface area (Å²) in [5.74, 6) is 1.67. The molecule has 1 nitrogen and oxygen atoms in total. The number of rotatable bonds is 6. The van der Waals surface area contributed by atoms with Crippen LogP contribution in [0.2, 0.25) is 0 Å². The van der Waals surface area contributed by atoms with E-state index in [4.69, 9.17) is 4.74 Å². The first kappa shape index (κ1) is 22.6. The van der Waals surface area contributed by atoms with Gasteiger partial charge in [-0.05, 0) is 45.5 Å². The Balaban J connectivity index is 1.30. The minimum atomic E-state index is 0.836. The van der Waals surface area contributed by atoms with Gasteiger partial charge in [0.25, 0.3) is 0 Å². The van der Waals surface area contributed by atoms with Crippen LogP contribution >= 0.6 is 0 Å². The van der Waals surface area contributed by atoms with E-state index in [2.05, 4.69) is 121 Å². The monoisotopic (exact) mass is 474 g/mol. The normalized spacial score (nSPS) is 10.7. The molecule has 37 heavy (non-hydrogen) atoms. The van der Waals surface area contributed by atoms with Gasteiger partial charge in [-0.1, -0.05) is 146 Å². The second kappa shape index (κ2) is 10.4. The molecule has 0 N–H and O–H groups in total. The first-order chi connectivity index (χ1) is 18.3. The van der Waals surface area contributed by atoms with E-state index in [9.17, 15) is 0 Å². The Morgan fingerprint density at radius 3 is 0.946 bits per heavy atom. The van der Waals surface area contributed by atoms with Crippen LogP contribution in [-0.4, -0.2) is 0 Å². The van der Waals surface area contributed by atoms with Crippen LogP contribution in [0.3, 0.4) is 0 Å². The minimum Gasteiger partial charge on any atom is -0.456 e. The van der Waals surface area contributed by atoms with Crippen LogP contribution in [0, 0.1) is 0 Å². The van der Waals surface area contributed by atoms with E-state index in [0.29, 0.717) is 0 Å². The largest absolute Gasteiger partial charge is 0.456 e. The Kier molecular flexibility index (Phi) is 6.34. The molecule has 0 aliphatic carbocycles. The van der Waals surface area contributed by atoms with Crippen molar-refractivity contribution in [2.75, 3.05) is 0 Å². The van der Waals surface area contributed by atoms with E-state index >= 15 is 0 Å². The van der Waals surface area contributed by atoms with E-state index in [1.54, 1.807) is 0 Å². The van der Waals surface area contributed by atoms with Crippen LogP contribution in [0.5, 0.6) is 11.5 Å². The fraction of sp³-hybridized carbons (Fsp3) is 0. The van der Waals surface area contributed by atoms with Crippen LogP contribution < -0.4 is 4.74 Å². The Morgan fingerprint density at radius 1 is 0.243 bits per heavy atom. The molecule has 0 heterocycles. The highest BCUT2D eigenvalue weighted by Crippen LogP contribution is 2.38. The molecule has 6 rings (SSSR count). The van der Waals surface area contributed by atoms with Crippen molar-refractivity contribution in [3.8, 4) is 56.0 Å². The van der Waals surface area contributed by atoms with Crippen molar-refractivity contribution < 1.29 is 4.74 Å². The smallest absolute Gasteiger partial charge is 0.135 e. The topological polar surface area (TPSA) is 9.23 Å². The zero-order valence-corrected chi connectivity index (χ0v) is 20.4. The van der Waals surface area contributed by atoms with Crippen molar-refractivity contribution in [1.29, 1.82) is 0 Å². The lowest BCUT2D eigenvalue weighted by Gasteiger charge is -2.15. The van der Waals surface area contributed by atoms with Crippen LogP contribution in [0.25, 0.3) is 44.5 Å². The van der Waals surface area contributed by atoms with Gasteiger partial charge in [-0.15, -0.1) is 0 Å². The van der Waals surface area contributed by atoms with E-state index in [1.165, 1.54) is 22.3 Å². The van der Waals surface area contributed by atoms with Crippen molar-refractivity contribution in [3.05, 3.63) is 158 Å². The van der Waals surface area contributed by atoms with E-state index in [1.807, 2.05) is 36.4 Å². The van der Waals surface area contributed by atoms with Gasteiger partial charge in [0.2, 0.25) is 0 Å². The molecule has 6 aromatic carbocycles. The maximum atomic E-state index is 6.58. The van der Waals surface area contributed by atoms with Crippen molar-refractivity contribution in [2.24, 2.45) is 0 Å². The molecule has 0 unspecified atom stereocenters. The molecular weight excluding hydrogens is 448 g/mol. The number of ether oxygens (including phenoxy) is 1. The minimum absolute atomic E-state index is 0.836. The summed E-state index contributed by atoms with van der Waals surface area (Å²) in [5, 5.41) is 0. The average Bonchev–Trinajstić information content (AvgIpc) is 2.99. The Hall–Kier alpha value is -4.88. The lowest BCUT2D eigenvalue weighted by Crippen LogP contribution is -1.91. The van der Waals surface area contributed by atoms with Crippen LogP contribution in [0.4, 0.5) is 0 Å². The Morgan fingerprint density at radius 2 is 0.541 bits per heavy atom. The van der Waals surface area contributed by atoms with E-state index < -0.39 is 0 Å². The molecule has 0 aromatic heterocycles. The molecule has 0 atom stereocenters. The molecule has 0 saturated carbocycles. The van der Waals surface area contributed by atoms with Crippen molar-refractivity contribution in [1.82, 2.24) is 0 Å². The zero-order chi connectivity index (χ0) is 24.9. The lowest BCUT2D eigenvalue weighted by molar-refractivity contribution is 0.486. The van der Waals surface area contributed by atoms with Crippen molar-refractivity contribution in [2.45, 2.75) is 0 Å². The molecule has 6 aromatic rings. The van der Waals surface area contributed by atoms with E-state index in [0.717, 1.165) is 33.8 Å².